The van der Waals surface area contributed by atoms with Crippen molar-refractivity contribution in [2.75, 3.05) is 0 Å². The Labute approximate surface area is 334 Å². The van der Waals surface area contributed by atoms with Crippen LogP contribution in [0, 0.1) is 10.1 Å². The molecule has 0 saturated carbocycles. The zero-order valence-corrected chi connectivity index (χ0v) is 33.5. The zero-order valence-electron chi connectivity index (χ0n) is 32.6. The maximum atomic E-state index is 12.0. The minimum absolute atomic E-state index is 0. The smallest absolute Gasteiger partial charge is 0.357 e. The summed E-state index contributed by atoms with van der Waals surface area (Å²) in [5, 5.41) is 15.2. The Balaban J connectivity index is 0.00000441. The molecule has 0 spiro atoms. The Kier molecular flexibility index (Phi) is 8.34. The normalized spacial score (nSPS) is 12.7. The molecule has 5 heterocycles. The standard InChI is InChI=1S/C44H39N9O2.Cu/c1-42(2,3)22-10-14-26-30(18-22)38-45-34(26)47-39-32-20-24(44(7,8)9)12-16-28(32)36(49-39)51-41-33-21-25(53(54)55)13-17-29(33)37(52-41)50-40-31-19-23(43(4,5)6)11-15-27(31)35(46-38)48-40;/h10-21H,1-9H3;/q-2;+2. The van der Waals surface area contributed by atoms with E-state index in [1.165, 1.54) is 12.1 Å². The second kappa shape index (κ2) is 12.6. The molecule has 11 nitrogen and oxygen atoms in total. The van der Waals surface area contributed by atoms with Crippen LogP contribution in [0.15, 0.2) is 72.8 Å². The molecule has 7 aromatic rings. The van der Waals surface area contributed by atoms with E-state index in [-0.39, 0.29) is 44.8 Å². The Hall–Kier alpha value is -5.84. The van der Waals surface area contributed by atoms with Gasteiger partial charge in [-0.2, -0.15) is 0 Å². The predicted octanol–water partition coefficient (Wildman–Crippen LogP) is 9.93. The van der Waals surface area contributed by atoms with Gasteiger partial charge >= 0.3 is 17.1 Å². The molecule has 0 N–H and O–H groups in total. The molecule has 0 atom stereocenters. The number of non-ortho nitro benzene ring substituents is 1. The van der Waals surface area contributed by atoms with Crippen molar-refractivity contribution in [2.45, 2.75) is 78.6 Å². The number of benzene rings is 4. The molecule has 12 heteroatoms. The summed E-state index contributed by atoms with van der Waals surface area (Å²) in [5.41, 5.74) is 7.43. The van der Waals surface area contributed by atoms with Gasteiger partial charge < -0.3 is 29.9 Å². The molecule has 3 aromatic heterocycles. The van der Waals surface area contributed by atoms with Crippen LogP contribution >= 0.6 is 0 Å². The minimum Gasteiger partial charge on any atom is -0.357 e. The monoisotopic (exact) mass is 788 g/mol. The summed E-state index contributed by atoms with van der Waals surface area (Å²) in [6, 6.07) is 23.4. The molecule has 8 bridgehead atoms. The van der Waals surface area contributed by atoms with Crippen LogP contribution in [0.5, 0.6) is 0 Å². The number of hydrogen-bond acceptors (Lipinski definition) is 8. The molecule has 0 aliphatic carbocycles. The Morgan fingerprint density at radius 2 is 0.804 bits per heavy atom. The summed E-state index contributed by atoms with van der Waals surface area (Å²) in [4.78, 5) is 52.0. The fourth-order valence-electron chi connectivity index (χ4n) is 7.16. The number of nitro benzene ring substituents is 1. The molecule has 2 aliphatic rings. The molecule has 4 aromatic carbocycles. The van der Waals surface area contributed by atoms with Gasteiger partial charge in [0.2, 0.25) is 0 Å². The van der Waals surface area contributed by atoms with Crippen molar-refractivity contribution >= 4 is 49.8 Å². The molecule has 0 saturated heterocycles. The molecule has 283 valence electrons. The largest absolute Gasteiger partial charge is 2.00 e. The first-order valence-corrected chi connectivity index (χ1v) is 18.4. The number of fused-ring (bicyclic) bond motifs is 20. The summed E-state index contributed by atoms with van der Waals surface area (Å²) >= 11 is 0. The number of nitrogens with zero attached hydrogens (tertiary/aromatic N) is 9. The first kappa shape index (κ1) is 37.1. The first-order chi connectivity index (χ1) is 25.9. The third-order valence-electron chi connectivity index (χ3n) is 10.5. The van der Waals surface area contributed by atoms with Crippen LogP contribution < -0.4 is 9.97 Å². The SMILES string of the molecule is CC(C)(C)c1ccc2c(c1)-c1nc-2nc2[n-]c(nc3nc(nc4[n-]c(n1)c1ccc(C(C)(C)C)cc41)-c1ccc([N+](=O)[O-])cc1-3)c1ccc(C(C)(C)C)cc21.[Cu+2]. The van der Waals surface area contributed by atoms with Crippen molar-refractivity contribution in [3.63, 3.8) is 0 Å². The van der Waals surface area contributed by atoms with Crippen LogP contribution in [0.1, 0.15) is 79.0 Å². The third-order valence-corrected chi connectivity index (χ3v) is 10.5. The third kappa shape index (κ3) is 6.13. The van der Waals surface area contributed by atoms with E-state index in [0.717, 1.165) is 49.4 Å². The average Bonchev–Trinajstić information content (AvgIpc) is 3.85. The van der Waals surface area contributed by atoms with E-state index in [4.69, 9.17) is 39.9 Å². The first-order valence-electron chi connectivity index (χ1n) is 18.4. The minimum atomic E-state index is -0.423. The molecular formula is C44H39CuN9O2. The summed E-state index contributed by atoms with van der Waals surface area (Å²) in [6.07, 6.45) is 0. The number of hydrogen-bond donors (Lipinski definition) is 0. The zero-order chi connectivity index (χ0) is 38.8. The van der Waals surface area contributed by atoms with Crippen molar-refractivity contribution in [1.82, 2.24) is 39.9 Å². The van der Waals surface area contributed by atoms with Crippen molar-refractivity contribution < 1.29 is 22.0 Å². The van der Waals surface area contributed by atoms with E-state index in [1.807, 2.05) is 12.1 Å². The molecule has 56 heavy (non-hydrogen) atoms. The molecule has 0 fully saturated rings. The van der Waals surface area contributed by atoms with Gasteiger partial charge in [0.1, 0.15) is 0 Å². The van der Waals surface area contributed by atoms with Gasteiger partial charge in [-0.05, 0) is 78.7 Å². The Bertz CT molecular complexity index is 2960. The van der Waals surface area contributed by atoms with Crippen LogP contribution in [0.3, 0.4) is 0 Å². The summed E-state index contributed by atoms with van der Waals surface area (Å²) in [7, 11) is 0. The van der Waals surface area contributed by atoms with Gasteiger partial charge in [0.05, 0.1) is 28.2 Å². The van der Waals surface area contributed by atoms with Gasteiger partial charge in [-0.15, -0.1) is 0 Å². The predicted molar refractivity (Wildman–Crippen MR) is 217 cm³/mol. The van der Waals surface area contributed by atoms with Crippen LogP contribution in [-0.4, -0.2) is 34.8 Å². The van der Waals surface area contributed by atoms with Gasteiger partial charge in [0, 0.05) is 57.0 Å². The number of rotatable bonds is 1. The average molecular weight is 789 g/mol. The number of aromatic nitrogens is 8. The summed E-state index contributed by atoms with van der Waals surface area (Å²) < 4.78 is 0. The fraction of sp³-hybridized carbons (Fsp3) is 0.273. The molecule has 0 unspecified atom stereocenters. The van der Waals surface area contributed by atoms with E-state index < -0.39 is 4.92 Å². The van der Waals surface area contributed by atoms with Crippen molar-refractivity contribution in [3.8, 4) is 45.6 Å². The molecule has 2 aliphatic heterocycles. The fourth-order valence-corrected chi connectivity index (χ4v) is 7.16. The van der Waals surface area contributed by atoms with Crippen LogP contribution in [0.25, 0.3) is 89.7 Å². The second-order valence-electron chi connectivity index (χ2n) is 17.5. The topological polar surface area (TPSA) is 149 Å². The number of nitro groups is 1. The van der Waals surface area contributed by atoms with Crippen molar-refractivity contribution in [2.24, 2.45) is 0 Å². The van der Waals surface area contributed by atoms with Gasteiger partial charge in [0.25, 0.3) is 5.69 Å². The van der Waals surface area contributed by atoms with Crippen LogP contribution in [-0.2, 0) is 33.3 Å². The van der Waals surface area contributed by atoms with Gasteiger partial charge in [0.15, 0.2) is 0 Å². The van der Waals surface area contributed by atoms with E-state index in [0.29, 0.717) is 51.2 Å². The van der Waals surface area contributed by atoms with Gasteiger partial charge in [-0.1, -0.05) is 98.7 Å². The van der Waals surface area contributed by atoms with Gasteiger partial charge in [-0.25, -0.2) is 9.97 Å². The maximum absolute atomic E-state index is 12.0. The van der Waals surface area contributed by atoms with E-state index in [2.05, 4.69) is 105 Å². The van der Waals surface area contributed by atoms with Crippen LogP contribution in [0.4, 0.5) is 5.69 Å². The summed E-state index contributed by atoms with van der Waals surface area (Å²) in [6.45, 7) is 19.5. The molecule has 1 radical (unpaired) electrons. The summed E-state index contributed by atoms with van der Waals surface area (Å²) in [5.74, 6) is 1.59. The van der Waals surface area contributed by atoms with E-state index in [9.17, 15) is 10.1 Å². The van der Waals surface area contributed by atoms with Crippen molar-refractivity contribution in [3.05, 3.63) is 99.6 Å². The quantitative estimate of drug-likeness (QED) is 0.0894. The maximum Gasteiger partial charge on any atom is 2.00 e. The van der Waals surface area contributed by atoms with Crippen molar-refractivity contribution in [1.29, 1.82) is 0 Å². The Morgan fingerprint density at radius 3 is 1.23 bits per heavy atom. The van der Waals surface area contributed by atoms with E-state index in [1.54, 1.807) is 6.07 Å². The van der Waals surface area contributed by atoms with E-state index >= 15 is 0 Å². The Morgan fingerprint density at radius 1 is 0.446 bits per heavy atom. The van der Waals surface area contributed by atoms with Crippen LogP contribution in [0.2, 0.25) is 0 Å². The molecule has 9 rings (SSSR count). The molecular weight excluding hydrogens is 750 g/mol. The van der Waals surface area contributed by atoms with Gasteiger partial charge in [-0.3, -0.25) is 10.1 Å². The second-order valence-corrected chi connectivity index (χ2v) is 17.5. The molecule has 0 amide bonds.